The summed E-state index contributed by atoms with van der Waals surface area (Å²) in [5, 5.41) is 20.0. The lowest BCUT2D eigenvalue weighted by Crippen LogP contribution is -2.40. The number of nitrogens with zero attached hydrogens (tertiary/aromatic N) is 4. The zero-order chi connectivity index (χ0) is 20.4. The van der Waals surface area contributed by atoms with Crippen LogP contribution in [0.5, 0.6) is 5.75 Å². The van der Waals surface area contributed by atoms with Crippen molar-refractivity contribution in [3.05, 3.63) is 28.1 Å². The van der Waals surface area contributed by atoms with Crippen molar-refractivity contribution in [3.63, 3.8) is 0 Å². The fourth-order valence-corrected chi connectivity index (χ4v) is 3.87. The van der Waals surface area contributed by atoms with E-state index in [2.05, 4.69) is 10.3 Å². The van der Waals surface area contributed by atoms with E-state index < -0.39 is 24.8 Å². The molecular formula is C16H21FN4O5Si. The minimum atomic E-state index is -2.11. The molecule has 0 bridgehead atoms. The first-order chi connectivity index (χ1) is 12.6. The molecule has 146 valence electrons. The fraction of sp³-hybridized carbons (Fsp3) is 0.438. The van der Waals surface area contributed by atoms with Crippen LogP contribution in [0, 0.1) is 15.9 Å². The van der Waals surface area contributed by atoms with Crippen LogP contribution in [0.1, 0.15) is 6.92 Å². The predicted molar refractivity (Wildman–Crippen MR) is 98.2 cm³/mol. The van der Waals surface area contributed by atoms with Crippen LogP contribution in [0.15, 0.2) is 12.1 Å². The average Bonchev–Trinajstić information content (AvgIpc) is 2.97. The third kappa shape index (κ3) is 4.30. The van der Waals surface area contributed by atoms with E-state index in [9.17, 15) is 19.3 Å². The van der Waals surface area contributed by atoms with Crippen molar-refractivity contribution in [1.29, 1.82) is 0 Å². The van der Waals surface area contributed by atoms with E-state index in [4.69, 9.17) is 9.47 Å². The number of carbonyl (C=O) groups is 1. The van der Waals surface area contributed by atoms with Gasteiger partial charge in [-0.25, -0.2) is 9.07 Å². The van der Waals surface area contributed by atoms with E-state index in [1.165, 1.54) is 11.8 Å². The summed E-state index contributed by atoms with van der Waals surface area (Å²) in [5.74, 6) is -1.49. The third-order valence-electron chi connectivity index (χ3n) is 3.75. The lowest BCUT2D eigenvalue weighted by molar-refractivity contribution is -0.385. The Morgan fingerprint density at radius 3 is 2.56 bits per heavy atom. The van der Waals surface area contributed by atoms with Crippen LogP contribution in [0.3, 0.4) is 0 Å². The molecule has 0 N–H and O–H groups in total. The second-order valence-corrected chi connectivity index (χ2v) is 11.7. The zero-order valence-electron chi connectivity index (χ0n) is 15.8. The highest BCUT2D eigenvalue weighted by atomic mass is 28.3. The van der Waals surface area contributed by atoms with Crippen LogP contribution >= 0.6 is 0 Å². The van der Waals surface area contributed by atoms with E-state index in [0.29, 0.717) is 5.32 Å². The zero-order valence-corrected chi connectivity index (χ0v) is 16.8. The Morgan fingerprint density at radius 1 is 1.37 bits per heavy atom. The van der Waals surface area contributed by atoms with Gasteiger partial charge in [0.25, 0.3) is 0 Å². The van der Waals surface area contributed by atoms with Crippen molar-refractivity contribution in [2.45, 2.75) is 33.1 Å². The maximum Gasteiger partial charge on any atom is 0.327 e. The molecule has 0 unspecified atom stereocenters. The van der Waals surface area contributed by atoms with Gasteiger partial charge in [-0.2, -0.15) is 0 Å². The van der Waals surface area contributed by atoms with E-state index in [1.54, 1.807) is 6.92 Å². The molecule has 0 radical (unpaired) electrons. The molecule has 0 saturated heterocycles. The summed E-state index contributed by atoms with van der Waals surface area (Å²) in [7, 11) is -0.889. The molecule has 0 spiro atoms. The van der Waals surface area contributed by atoms with Gasteiger partial charge in [0.05, 0.1) is 29.7 Å². The summed E-state index contributed by atoms with van der Waals surface area (Å²) in [6.07, 6.45) is 0. The van der Waals surface area contributed by atoms with Crippen molar-refractivity contribution in [1.82, 2.24) is 15.0 Å². The Balaban J connectivity index is 2.72. The Hall–Kier alpha value is -2.82. The van der Waals surface area contributed by atoms with Crippen molar-refractivity contribution in [2.75, 3.05) is 13.7 Å². The molecule has 1 aromatic heterocycles. The maximum atomic E-state index is 14.8. The molecule has 0 amide bonds. The Labute approximate surface area is 156 Å². The minimum absolute atomic E-state index is 0.0609. The van der Waals surface area contributed by atoms with Crippen LogP contribution in [0.25, 0.3) is 11.3 Å². The van der Waals surface area contributed by atoms with Gasteiger partial charge in [-0.15, -0.1) is 5.10 Å². The summed E-state index contributed by atoms with van der Waals surface area (Å²) < 4.78 is 25.8. The van der Waals surface area contributed by atoms with Crippen LogP contribution in [-0.2, 0) is 16.1 Å². The summed E-state index contributed by atoms with van der Waals surface area (Å²) in [6.45, 7) is 7.51. The van der Waals surface area contributed by atoms with E-state index >= 15 is 0 Å². The Kier molecular flexibility index (Phi) is 5.93. The van der Waals surface area contributed by atoms with Crippen LogP contribution < -0.4 is 10.1 Å². The van der Waals surface area contributed by atoms with Crippen molar-refractivity contribution >= 4 is 25.0 Å². The monoisotopic (exact) mass is 396 g/mol. The molecule has 2 rings (SSSR count). The number of hydrogen-bond acceptors (Lipinski definition) is 7. The quantitative estimate of drug-likeness (QED) is 0.305. The lowest BCUT2D eigenvalue weighted by atomic mass is 10.1. The molecule has 1 aromatic carbocycles. The highest BCUT2D eigenvalue weighted by molar-refractivity contribution is 6.89. The standard InChI is InChI=1S/C16H21FN4O5Si/c1-6-26-14(22)9-20-15(16(18-19-20)27(3,4)5)10-7-12(21(23)24)13(25-2)8-11(10)17/h7-8H,6,9H2,1-5H3. The smallest absolute Gasteiger partial charge is 0.327 e. The molecular weight excluding hydrogens is 375 g/mol. The second-order valence-electron chi connectivity index (χ2n) is 6.76. The molecule has 0 aliphatic heterocycles. The number of aromatic nitrogens is 3. The number of ether oxygens (including phenoxy) is 2. The number of benzene rings is 1. The van der Waals surface area contributed by atoms with E-state index in [1.807, 2.05) is 19.6 Å². The third-order valence-corrected chi connectivity index (χ3v) is 5.51. The van der Waals surface area contributed by atoms with E-state index in [-0.39, 0.29) is 35.8 Å². The summed E-state index contributed by atoms with van der Waals surface area (Å²) in [4.78, 5) is 22.6. The molecule has 0 saturated carbocycles. The molecule has 2 aromatic rings. The topological polar surface area (TPSA) is 109 Å². The van der Waals surface area contributed by atoms with Gasteiger partial charge in [0, 0.05) is 17.7 Å². The van der Waals surface area contributed by atoms with Crippen molar-refractivity contribution in [3.8, 4) is 17.0 Å². The van der Waals surface area contributed by atoms with Gasteiger partial charge in [-0.1, -0.05) is 24.9 Å². The number of rotatable bonds is 7. The molecule has 0 aliphatic rings. The van der Waals surface area contributed by atoms with Gasteiger partial charge in [0.2, 0.25) is 0 Å². The minimum Gasteiger partial charge on any atom is -0.490 e. The van der Waals surface area contributed by atoms with Crippen molar-refractivity contribution in [2.24, 2.45) is 0 Å². The number of nitro benzene ring substituents is 1. The number of carbonyl (C=O) groups excluding carboxylic acids is 1. The normalized spacial score (nSPS) is 11.3. The van der Waals surface area contributed by atoms with Gasteiger partial charge < -0.3 is 9.47 Å². The highest BCUT2D eigenvalue weighted by Gasteiger charge is 2.31. The molecule has 0 fully saturated rings. The predicted octanol–water partition coefficient (Wildman–Crippen LogP) is 2.11. The molecule has 0 aliphatic carbocycles. The molecule has 1 heterocycles. The van der Waals surface area contributed by atoms with Gasteiger partial charge in [0.1, 0.15) is 20.4 Å². The Bertz CT molecular complexity index is 878. The number of halogens is 1. The largest absolute Gasteiger partial charge is 0.490 e. The SMILES string of the molecule is CCOC(=O)Cn1nnc([Si](C)(C)C)c1-c1cc([N+](=O)[O-])c(OC)cc1F. The number of nitro groups is 1. The first-order valence-corrected chi connectivity index (χ1v) is 11.7. The van der Waals surface area contributed by atoms with Crippen LogP contribution in [-0.4, -0.2) is 47.7 Å². The summed E-state index contributed by atoms with van der Waals surface area (Å²) in [5.41, 5.74) is -0.209. The summed E-state index contributed by atoms with van der Waals surface area (Å²) >= 11 is 0. The van der Waals surface area contributed by atoms with Gasteiger partial charge >= 0.3 is 11.7 Å². The van der Waals surface area contributed by atoms with Gasteiger partial charge in [-0.05, 0) is 6.92 Å². The van der Waals surface area contributed by atoms with Crippen LogP contribution in [0.2, 0.25) is 19.6 Å². The highest BCUT2D eigenvalue weighted by Crippen LogP contribution is 2.34. The van der Waals surface area contributed by atoms with Gasteiger partial charge in [-0.3, -0.25) is 14.9 Å². The molecule has 27 heavy (non-hydrogen) atoms. The second kappa shape index (κ2) is 7.82. The van der Waals surface area contributed by atoms with Gasteiger partial charge in [0.15, 0.2) is 5.75 Å². The van der Waals surface area contributed by atoms with E-state index in [0.717, 1.165) is 12.1 Å². The first kappa shape index (κ1) is 20.5. The van der Waals surface area contributed by atoms with Crippen LogP contribution in [0.4, 0.5) is 10.1 Å². The number of hydrogen-bond donors (Lipinski definition) is 0. The number of esters is 1. The molecule has 9 nitrogen and oxygen atoms in total. The first-order valence-electron chi connectivity index (χ1n) is 8.22. The Morgan fingerprint density at radius 2 is 2.04 bits per heavy atom. The molecule has 11 heteroatoms. The lowest BCUT2D eigenvalue weighted by Gasteiger charge is -2.16. The fourth-order valence-electron chi connectivity index (χ4n) is 2.56. The summed E-state index contributed by atoms with van der Waals surface area (Å²) in [6, 6.07) is 2.03. The molecule has 0 atom stereocenters. The average molecular weight is 396 g/mol. The maximum absolute atomic E-state index is 14.8. The van der Waals surface area contributed by atoms with Crippen molar-refractivity contribution < 1.29 is 23.6 Å². The number of methoxy groups -OCH3 is 1.